The zero-order chi connectivity index (χ0) is 18.0. The van der Waals surface area contributed by atoms with Crippen LogP contribution in [0.2, 0.25) is 5.02 Å². The lowest BCUT2D eigenvalue weighted by atomic mass is 10.1. The SMILES string of the molecule is CCc1nsc(N2CCN(C(=O)c3cc(Cl)c(N)cc3OC)CC2)n1. The third-order valence-corrected chi connectivity index (χ3v) is 5.30. The van der Waals surface area contributed by atoms with Crippen molar-refractivity contribution in [3.8, 4) is 5.75 Å². The van der Waals surface area contributed by atoms with Crippen LogP contribution in [0.25, 0.3) is 0 Å². The zero-order valence-corrected chi connectivity index (χ0v) is 15.7. The van der Waals surface area contributed by atoms with E-state index in [1.165, 1.54) is 18.6 Å². The minimum absolute atomic E-state index is 0.107. The number of hydrogen-bond donors (Lipinski definition) is 1. The van der Waals surface area contributed by atoms with E-state index in [-0.39, 0.29) is 5.91 Å². The number of piperazine rings is 1. The summed E-state index contributed by atoms with van der Waals surface area (Å²) in [6.07, 6.45) is 0.826. The van der Waals surface area contributed by atoms with E-state index in [0.29, 0.717) is 35.1 Å². The summed E-state index contributed by atoms with van der Waals surface area (Å²) in [5, 5.41) is 1.26. The molecule has 25 heavy (non-hydrogen) atoms. The molecule has 0 radical (unpaired) electrons. The molecule has 0 saturated carbocycles. The van der Waals surface area contributed by atoms with Gasteiger partial charge in [0.1, 0.15) is 11.6 Å². The maximum atomic E-state index is 12.8. The molecule has 134 valence electrons. The molecule has 2 heterocycles. The molecule has 0 bridgehead atoms. The molecular formula is C16H20ClN5O2S. The van der Waals surface area contributed by atoms with Crippen molar-refractivity contribution in [3.05, 3.63) is 28.5 Å². The number of anilines is 2. The Morgan fingerprint density at radius 1 is 1.36 bits per heavy atom. The van der Waals surface area contributed by atoms with Gasteiger partial charge in [0.15, 0.2) is 0 Å². The summed E-state index contributed by atoms with van der Waals surface area (Å²) in [6.45, 7) is 4.67. The first kappa shape index (κ1) is 17.8. The largest absolute Gasteiger partial charge is 0.496 e. The van der Waals surface area contributed by atoms with E-state index in [1.807, 2.05) is 6.92 Å². The third kappa shape index (κ3) is 3.64. The van der Waals surface area contributed by atoms with Crippen LogP contribution in [0.5, 0.6) is 5.75 Å². The minimum atomic E-state index is -0.107. The fraction of sp³-hybridized carbons (Fsp3) is 0.438. The average Bonchev–Trinajstić information content (AvgIpc) is 3.12. The maximum absolute atomic E-state index is 12.8. The topological polar surface area (TPSA) is 84.6 Å². The fourth-order valence-electron chi connectivity index (χ4n) is 2.69. The Morgan fingerprint density at radius 3 is 2.68 bits per heavy atom. The Balaban J connectivity index is 1.70. The number of nitrogens with zero attached hydrogens (tertiary/aromatic N) is 4. The molecule has 1 aliphatic rings. The van der Waals surface area contributed by atoms with Crippen LogP contribution in [0.3, 0.4) is 0 Å². The molecule has 2 N–H and O–H groups in total. The summed E-state index contributed by atoms with van der Waals surface area (Å²) in [5.74, 6) is 1.19. The van der Waals surface area contributed by atoms with Crippen molar-refractivity contribution >= 4 is 39.9 Å². The number of rotatable bonds is 4. The number of nitrogens with two attached hydrogens (primary N) is 1. The molecule has 0 atom stereocenters. The third-order valence-electron chi connectivity index (χ3n) is 4.16. The predicted octanol–water partition coefficient (Wildman–Crippen LogP) is 2.31. The van der Waals surface area contributed by atoms with Crippen LogP contribution in [0.15, 0.2) is 12.1 Å². The summed E-state index contributed by atoms with van der Waals surface area (Å²) in [5.41, 5.74) is 6.61. The first-order valence-corrected chi connectivity index (χ1v) is 9.18. The lowest BCUT2D eigenvalue weighted by Gasteiger charge is -2.34. The van der Waals surface area contributed by atoms with Gasteiger partial charge >= 0.3 is 0 Å². The van der Waals surface area contributed by atoms with Crippen molar-refractivity contribution in [2.45, 2.75) is 13.3 Å². The van der Waals surface area contributed by atoms with Crippen molar-refractivity contribution in [2.24, 2.45) is 0 Å². The van der Waals surface area contributed by atoms with Gasteiger partial charge in [-0.25, -0.2) is 4.98 Å². The molecule has 0 spiro atoms. The van der Waals surface area contributed by atoms with E-state index in [9.17, 15) is 4.79 Å². The van der Waals surface area contributed by atoms with E-state index < -0.39 is 0 Å². The van der Waals surface area contributed by atoms with Crippen LogP contribution in [0.4, 0.5) is 10.8 Å². The number of ether oxygens (including phenoxy) is 1. The van der Waals surface area contributed by atoms with Crippen molar-refractivity contribution < 1.29 is 9.53 Å². The van der Waals surface area contributed by atoms with Gasteiger partial charge in [-0.15, -0.1) is 0 Å². The molecule has 0 aliphatic carbocycles. The molecule has 3 rings (SSSR count). The van der Waals surface area contributed by atoms with Gasteiger partial charge in [-0.05, 0) is 6.07 Å². The first-order valence-electron chi connectivity index (χ1n) is 8.03. The maximum Gasteiger partial charge on any atom is 0.257 e. The van der Waals surface area contributed by atoms with Gasteiger partial charge in [0.05, 0.1) is 23.4 Å². The number of benzene rings is 1. The minimum Gasteiger partial charge on any atom is -0.496 e. The van der Waals surface area contributed by atoms with Crippen LogP contribution < -0.4 is 15.4 Å². The van der Waals surface area contributed by atoms with Gasteiger partial charge in [-0.3, -0.25) is 4.79 Å². The highest BCUT2D eigenvalue weighted by Gasteiger charge is 2.26. The Morgan fingerprint density at radius 2 is 2.08 bits per heavy atom. The second-order valence-corrected chi connectivity index (χ2v) is 6.84. The normalized spacial score (nSPS) is 14.7. The highest BCUT2D eigenvalue weighted by Crippen LogP contribution is 2.30. The van der Waals surface area contributed by atoms with Crippen molar-refractivity contribution in [2.75, 3.05) is 43.9 Å². The van der Waals surface area contributed by atoms with E-state index in [1.54, 1.807) is 17.0 Å². The van der Waals surface area contributed by atoms with Gasteiger partial charge < -0.3 is 20.3 Å². The lowest BCUT2D eigenvalue weighted by Crippen LogP contribution is -2.48. The van der Waals surface area contributed by atoms with Crippen molar-refractivity contribution in [3.63, 3.8) is 0 Å². The number of halogens is 1. The lowest BCUT2D eigenvalue weighted by molar-refractivity contribution is 0.0743. The quantitative estimate of drug-likeness (QED) is 0.818. The number of carbonyl (C=O) groups excluding carboxylic acids is 1. The molecule has 1 aromatic carbocycles. The summed E-state index contributed by atoms with van der Waals surface area (Å²) >= 11 is 7.48. The number of aromatic nitrogens is 2. The number of amides is 1. The van der Waals surface area contributed by atoms with Crippen LogP contribution in [-0.2, 0) is 6.42 Å². The Bertz CT molecular complexity index is 774. The van der Waals surface area contributed by atoms with E-state index in [2.05, 4.69) is 14.3 Å². The van der Waals surface area contributed by atoms with Gasteiger partial charge in [0, 0.05) is 50.2 Å². The van der Waals surface area contributed by atoms with E-state index >= 15 is 0 Å². The van der Waals surface area contributed by atoms with Gasteiger partial charge in [0.25, 0.3) is 5.91 Å². The molecule has 0 unspecified atom stereocenters. The first-order chi connectivity index (χ1) is 12.0. The van der Waals surface area contributed by atoms with E-state index in [4.69, 9.17) is 22.1 Å². The molecule has 1 fully saturated rings. The Hall–Kier alpha value is -2.06. The highest BCUT2D eigenvalue weighted by atomic mass is 35.5. The molecule has 2 aromatic rings. The Kier molecular flexibility index (Phi) is 5.29. The van der Waals surface area contributed by atoms with Gasteiger partial charge in [-0.1, -0.05) is 18.5 Å². The highest BCUT2D eigenvalue weighted by molar-refractivity contribution is 7.09. The monoisotopic (exact) mass is 381 g/mol. The fourth-order valence-corrected chi connectivity index (χ4v) is 3.66. The van der Waals surface area contributed by atoms with Crippen molar-refractivity contribution in [1.29, 1.82) is 0 Å². The zero-order valence-electron chi connectivity index (χ0n) is 14.2. The average molecular weight is 382 g/mol. The molecule has 9 heteroatoms. The van der Waals surface area contributed by atoms with Gasteiger partial charge in [-0.2, -0.15) is 4.37 Å². The molecule has 7 nitrogen and oxygen atoms in total. The molecule has 1 aromatic heterocycles. The Labute approximate surface area is 155 Å². The molecule has 1 saturated heterocycles. The van der Waals surface area contributed by atoms with Crippen LogP contribution in [-0.4, -0.2) is 53.5 Å². The summed E-state index contributed by atoms with van der Waals surface area (Å²) in [4.78, 5) is 21.3. The standard InChI is InChI=1S/C16H20ClN5O2S/c1-3-14-19-16(25-20-14)22-6-4-21(5-7-22)15(23)10-8-11(17)12(18)9-13(10)24-2/h8-9H,3-7,18H2,1-2H3. The van der Waals surface area contributed by atoms with Crippen molar-refractivity contribution in [1.82, 2.24) is 14.3 Å². The van der Waals surface area contributed by atoms with Crippen LogP contribution in [0.1, 0.15) is 23.1 Å². The number of carbonyl (C=O) groups is 1. The summed E-state index contributed by atoms with van der Waals surface area (Å²) in [7, 11) is 1.51. The van der Waals surface area contributed by atoms with Crippen LogP contribution >= 0.6 is 23.1 Å². The van der Waals surface area contributed by atoms with Gasteiger partial charge in [0.2, 0.25) is 5.13 Å². The number of hydrogen-bond acceptors (Lipinski definition) is 7. The second kappa shape index (κ2) is 7.45. The smallest absolute Gasteiger partial charge is 0.257 e. The molecule has 1 aliphatic heterocycles. The molecule has 1 amide bonds. The summed E-state index contributed by atoms with van der Waals surface area (Å²) < 4.78 is 9.60. The number of nitrogen functional groups attached to an aromatic ring is 1. The second-order valence-electron chi connectivity index (χ2n) is 5.70. The summed E-state index contributed by atoms with van der Waals surface area (Å²) in [6, 6.07) is 3.15. The van der Waals surface area contributed by atoms with E-state index in [0.717, 1.165) is 30.5 Å². The molecular weight excluding hydrogens is 362 g/mol. The number of aryl methyl sites for hydroxylation is 1. The predicted molar refractivity (Wildman–Crippen MR) is 99.8 cm³/mol. The van der Waals surface area contributed by atoms with Crippen LogP contribution in [0, 0.1) is 0 Å². The number of methoxy groups -OCH3 is 1.